The van der Waals surface area contributed by atoms with Crippen molar-refractivity contribution in [2.24, 2.45) is 0 Å². The summed E-state index contributed by atoms with van der Waals surface area (Å²) >= 11 is 1.92. The molecular formula is C23H17FIN3O3. The number of carbonyl (C=O) groups excluding carboxylic acids is 1. The van der Waals surface area contributed by atoms with Crippen LogP contribution in [-0.4, -0.2) is 26.5 Å². The number of aliphatic carboxylic acids is 1. The highest BCUT2D eigenvalue weighted by atomic mass is 127. The third kappa shape index (κ3) is 4.43. The van der Waals surface area contributed by atoms with Gasteiger partial charge in [-0.25, -0.2) is 9.37 Å². The van der Waals surface area contributed by atoms with Gasteiger partial charge in [0, 0.05) is 9.26 Å². The van der Waals surface area contributed by atoms with E-state index in [1.165, 1.54) is 6.07 Å². The molecule has 0 bridgehead atoms. The minimum atomic E-state index is -0.936. The van der Waals surface area contributed by atoms with E-state index in [2.05, 4.69) is 10.3 Å². The van der Waals surface area contributed by atoms with Gasteiger partial charge in [0.2, 0.25) is 0 Å². The lowest BCUT2D eigenvalue weighted by Gasteiger charge is -2.18. The molecule has 31 heavy (non-hydrogen) atoms. The first-order chi connectivity index (χ1) is 14.9. The maximum absolute atomic E-state index is 14.2. The van der Waals surface area contributed by atoms with Crippen molar-refractivity contribution in [1.29, 1.82) is 0 Å². The maximum atomic E-state index is 14.2. The highest BCUT2D eigenvalue weighted by molar-refractivity contribution is 14.1. The number of hydrogen-bond acceptors (Lipinski definition) is 3. The Morgan fingerprint density at radius 3 is 2.58 bits per heavy atom. The zero-order valence-corrected chi connectivity index (χ0v) is 18.3. The molecule has 2 N–H and O–H groups in total. The monoisotopic (exact) mass is 529 g/mol. The minimum absolute atomic E-state index is 0.0234. The van der Waals surface area contributed by atoms with Gasteiger partial charge in [-0.2, -0.15) is 0 Å². The molecule has 0 spiro atoms. The van der Waals surface area contributed by atoms with Gasteiger partial charge in [-0.3, -0.25) is 9.59 Å². The Hall–Kier alpha value is -3.27. The Balaban J connectivity index is 1.72. The van der Waals surface area contributed by atoms with Crippen LogP contribution in [0.2, 0.25) is 0 Å². The fourth-order valence-electron chi connectivity index (χ4n) is 3.48. The molecule has 0 saturated heterocycles. The van der Waals surface area contributed by atoms with Crippen LogP contribution < -0.4 is 5.32 Å². The smallest absolute Gasteiger partial charge is 0.305 e. The van der Waals surface area contributed by atoms with Crippen LogP contribution in [0, 0.1) is 9.39 Å². The largest absolute Gasteiger partial charge is 0.481 e. The standard InChI is InChI=1S/C23H17FIN3O3/c24-16-7-4-8-17(25)22(16)23(31)27-15-9-10-18-20(11-15)28(13-26-18)19(12-21(29)30)14-5-2-1-3-6-14/h1-11,13,19H,12H2,(H,27,31)(H,29,30). The molecule has 156 valence electrons. The van der Waals surface area contributed by atoms with Crippen molar-refractivity contribution < 1.29 is 19.1 Å². The molecule has 4 aromatic rings. The first kappa shape index (κ1) is 21.0. The van der Waals surface area contributed by atoms with E-state index in [1.54, 1.807) is 41.2 Å². The van der Waals surface area contributed by atoms with Gasteiger partial charge < -0.3 is 15.0 Å². The van der Waals surface area contributed by atoms with Crippen LogP contribution in [0.15, 0.2) is 73.1 Å². The molecule has 0 aliphatic carbocycles. The van der Waals surface area contributed by atoms with Crippen molar-refractivity contribution in [3.63, 3.8) is 0 Å². The van der Waals surface area contributed by atoms with Gasteiger partial charge in [0.1, 0.15) is 5.82 Å². The second kappa shape index (κ2) is 8.84. The van der Waals surface area contributed by atoms with Gasteiger partial charge in [0.15, 0.2) is 0 Å². The maximum Gasteiger partial charge on any atom is 0.305 e. The van der Waals surface area contributed by atoms with Crippen LogP contribution >= 0.6 is 22.6 Å². The zero-order chi connectivity index (χ0) is 22.0. The Kier molecular flexibility index (Phi) is 5.99. The summed E-state index contributed by atoms with van der Waals surface area (Å²) in [5.74, 6) is -2.09. The van der Waals surface area contributed by atoms with Crippen molar-refractivity contribution in [2.75, 3.05) is 5.32 Å². The number of carbonyl (C=O) groups is 2. The Bertz CT molecular complexity index is 1250. The summed E-state index contributed by atoms with van der Waals surface area (Å²) in [4.78, 5) is 28.6. The summed E-state index contributed by atoms with van der Waals surface area (Å²) in [7, 11) is 0. The number of amides is 1. The number of nitrogens with one attached hydrogen (secondary N) is 1. The topological polar surface area (TPSA) is 84.2 Å². The second-order valence-electron chi connectivity index (χ2n) is 6.93. The molecule has 0 aliphatic heterocycles. The molecule has 1 aromatic heterocycles. The number of rotatable bonds is 6. The summed E-state index contributed by atoms with van der Waals surface area (Å²) in [6, 6.07) is 18.4. The molecule has 0 fully saturated rings. The third-order valence-electron chi connectivity index (χ3n) is 4.91. The van der Waals surface area contributed by atoms with Crippen molar-refractivity contribution in [2.45, 2.75) is 12.5 Å². The number of imidazole rings is 1. The lowest BCUT2D eigenvalue weighted by Crippen LogP contribution is -2.16. The molecular weight excluding hydrogens is 512 g/mol. The molecule has 0 saturated carbocycles. The number of halogens is 2. The van der Waals surface area contributed by atoms with Crippen molar-refractivity contribution in [3.8, 4) is 0 Å². The second-order valence-corrected chi connectivity index (χ2v) is 8.09. The minimum Gasteiger partial charge on any atom is -0.481 e. The quantitative estimate of drug-likeness (QED) is 0.341. The highest BCUT2D eigenvalue weighted by Gasteiger charge is 2.21. The average molecular weight is 529 g/mol. The van der Waals surface area contributed by atoms with Gasteiger partial charge in [0.25, 0.3) is 5.91 Å². The van der Waals surface area contributed by atoms with Gasteiger partial charge in [-0.05, 0) is 58.5 Å². The van der Waals surface area contributed by atoms with Crippen molar-refractivity contribution in [1.82, 2.24) is 9.55 Å². The van der Waals surface area contributed by atoms with E-state index in [1.807, 2.05) is 52.9 Å². The molecule has 8 heteroatoms. The molecule has 0 aliphatic rings. The summed E-state index contributed by atoms with van der Waals surface area (Å²) in [6.07, 6.45) is 1.47. The summed E-state index contributed by atoms with van der Waals surface area (Å²) in [5.41, 5.74) is 2.59. The lowest BCUT2D eigenvalue weighted by atomic mass is 10.0. The third-order valence-corrected chi connectivity index (χ3v) is 5.81. The molecule has 0 radical (unpaired) electrons. The van der Waals surface area contributed by atoms with Crippen LogP contribution in [0.1, 0.15) is 28.4 Å². The number of benzene rings is 3. The van der Waals surface area contributed by atoms with E-state index in [0.717, 1.165) is 5.56 Å². The van der Waals surface area contributed by atoms with Crippen LogP contribution in [0.4, 0.5) is 10.1 Å². The zero-order valence-electron chi connectivity index (χ0n) is 16.1. The molecule has 6 nitrogen and oxygen atoms in total. The normalized spacial score (nSPS) is 11.9. The van der Waals surface area contributed by atoms with Crippen LogP contribution in [0.5, 0.6) is 0 Å². The molecule has 1 atom stereocenters. The number of nitrogens with zero attached hydrogens (tertiary/aromatic N) is 2. The number of carboxylic acids is 1. The molecule has 1 heterocycles. The van der Waals surface area contributed by atoms with Gasteiger partial charge >= 0.3 is 5.97 Å². The fourth-order valence-corrected chi connectivity index (χ4v) is 4.19. The first-order valence-electron chi connectivity index (χ1n) is 9.42. The summed E-state index contributed by atoms with van der Waals surface area (Å²) in [6.45, 7) is 0. The number of carboxylic acid groups (broad SMARTS) is 1. The number of anilines is 1. The summed E-state index contributed by atoms with van der Waals surface area (Å²) in [5, 5.41) is 12.2. The van der Waals surface area contributed by atoms with E-state index in [9.17, 15) is 19.1 Å². The predicted molar refractivity (Wildman–Crippen MR) is 124 cm³/mol. The van der Waals surface area contributed by atoms with Crippen LogP contribution in [0.3, 0.4) is 0 Å². The number of hydrogen-bond donors (Lipinski definition) is 2. The Morgan fingerprint density at radius 2 is 1.87 bits per heavy atom. The average Bonchev–Trinajstić information content (AvgIpc) is 3.15. The number of aromatic nitrogens is 2. The van der Waals surface area contributed by atoms with E-state index < -0.39 is 23.7 Å². The predicted octanol–water partition coefficient (Wildman–Crippen LogP) is 5.10. The van der Waals surface area contributed by atoms with Gasteiger partial charge in [-0.1, -0.05) is 36.4 Å². The molecule has 4 rings (SSSR count). The number of fused-ring (bicyclic) bond motifs is 1. The van der Waals surface area contributed by atoms with Crippen molar-refractivity contribution in [3.05, 3.63) is 93.6 Å². The summed E-state index contributed by atoms with van der Waals surface area (Å²) < 4.78 is 16.4. The first-order valence-corrected chi connectivity index (χ1v) is 10.5. The van der Waals surface area contributed by atoms with E-state index >= 15 is 0 Å². The van der Waals surface area contributed by atoms with E-state index in [4.69, 9.17) is 0 Å². The lowest BCUT2D eigenvalue weighted by molar-refractivity contribution is -0.137. The molecule has 1 amide bonds. The van der Waals surface area contributed by atoms with E-state index in [0.29, 0.717) is 20.3 Å². The fraction of sp³-hybridized carbons (Fsp3) is 0.0870. The Morgan fingerprint density at radius 1 is 1.10 bits per heavy atom. The van der Waals surface area contributed by atoms with E-state index in [-0.39, 0.29) is 12.0 Å². The SMILES string of the molecule is O=C(O)CC(c1ccccc1)n1cnc2ccc(NC(=O)c3c(F)cccc3I)cc21. The highest BCUT2D eigenvalue weighted by Crippen LogP contribution is 2.28. The molecule has 1 unspecified atom stereocenters. The Labute approximate surface area is 190 Å². The van der Waals surface area contributed by atoms with Gasteiger partial charge in [-0.15, -0.1) is 0 Å². The molecule has 3 aromatic carbocycles. The van der Waals surface area contributed by atoms with Crippen molar-refractivity contribution >= 4 is 51.2 Å². The van der Waals surface area contributed by atoms with Gasteiger partial charge in [0.05, 0.1) is 35.4 Å². The van der Waals surface area contributed by atoms with Crippen LogP contribution in [0.25, 0.3) is 11.0 Å². The van der Waals surface area contributed by atoms with Crippen LogP contribution in [-0.2, 0) is 4.79 Å².